The third kappa shape index (κ3) is 3.40. The number of ether oxygens (including phenoxy) is 1. The number of rotatable bonds is 3. The molecule has 0 fully saturated rings. The molecule has 2 rings (SSSR count). The van der Waals surface area contributed by atoms with Gasteiger partial charge in [-0.3, -0.25) is 5.41 Å². The summed E-state index contributed by atoms with van der Waals surface area (Å²) in [5.74, 6) is 1.24. The second-order valence-electron chi connectivity index (χ2n) is 4.10. The van der Waals surface area contributed by atoms with E-state index in [1.54, 1.807) is 30.3 Å². The Bertz CT molecular complexity index is 621. The van der Waals surface area contributed by atoms with Gasteiger partial charge in [-0.2, -0.15) is 0 Å². The van der Waals surface area contributed by atoms with Crippen molar-refractivity contribution in [3.05, 3.63) is 57.6 Å². The maximum absolute atomic E-state index is 7.43. The van der Waals surface area contributed by atoms with Gasteiger partial charge in [0.25, 0.3) is 0 Å². The van der Waals surface area contributed by atoms with Gasteiger partial charge in [-0.15, -0.1) is 0 Å². The summed E-state index contributed by atoms with van der Waals surface area (Å²) in [6.07, 6.45) is 0. The van der Waals surface area contributed by atoms with Crippen molar-refractivity contribution in [3.8, 4) is 11.5 Å². The van der Waals surface area contributed by atoms with Crippen LogP contribution in [0.2, 0.25) is 10.0 Å². The zero-order chi connectivity index (χ0) is 14.0. The van der Waals surface area contributed by atoms with Crippen LogP contribution in [0.4, 0.5) is 0 Å². The zero-order valence-corrected chi connectivity index (χ0v) is 11.7. The molecule has 0 bridgehead atoms. The average Bonchev–Trinajstić information content (AvgIpc) is 2.26. The average molecular weight is 295 g/mol. The van der Waals surface area contributed by atoms with E-state index in [1.807, 2.05) is 13.0 Å². The monoisotopic (exact) mass is 294 g/mol. The first-order chi connectivity index (χ1) is 8.95. The van der Waals surface area contributed by atoms with Crippen molar-refractivity contribution in [2.45, 2.75) is 6.92 Å². The highest BCUT2D eigenvalue weighted by Gasteiger charge is 2.05. The third-order valence-corrected chi connectivity index (χ3v) is 3.00. The van der Waals surface area contributed by atoms with Crippen molar-refractivity contribution < 1.29 is 4.74 Å². The van der Waals surface area contributed by atoms with Gasteiger partial charge in [0.2, 0.25) is 0 Å². The summed E-state index contributed by atoms with van der Waals surface area (Å²) in [7, 11) is 0. The SMILES string of the molecule is Cc1cc(Oc2cc(Cl)cc(Cl)c2)ccc1C(=N)N. The van der Waals surface area contributed by atoms with Crippen LogP contribution in [0.25, 0.3) is 0 Å². The van der Waals surface area contributed by atoms with Gasteiger partial charge in [-0.05, 0) is 48.9 Å². The summed E-state index contributed by atoms with van der Waals surface area (Å²) in [4.78, 5) is 0. The van der Waals surface area contributed by atoms with Crippen LogP contribution >= 0.6 is 23.2 Å². The topological polar surface area (TPSA) is 59.1 Å². The Kier molecular flexibility index (Phi) is 3.98. The van der Waals surface area contributed by atoms with Crippen LogP contribution in [0.3, 0.4) is 0 Å². The van der Waals surface area contributed by atoms with Crippen LogP contribution in [0.5, 0.6) is 11.5 Å². The minimum absolute atomic E-state index is 0.0369. The molecule has 0 saturated carbocycles. The van der Waals surface area contributed by atoms with Gasteiger partial charge in [-0.1, -0.05) is 23.2 Å². The Hall–Kier alpha value is -1.71. The molecule has 0 aliphatic rings. The molecule has 3 N–H and O–H groups in total. The van der Waals surface area contributed by atoms with Gasteiger partial charge in [0.05, 0.1) is 0 Å². The molecule has 2 aromatic rings. The number of nitrogens with two attached hydrogens (primary N) is 1. The number of benzene rings is 2. The largest absolute Gasteiger partial charge is 0.457 e. The molecule has 0 spiro atoms. The van der Waals surface area contributed by atoms with Gasteiger partial charge in [-0.25, -0.2) is 0 Å². The Labute approximate surface area is 121 Å². The first-order valence-corrected chi connectivity index (χ1v) is 6.30. The van der Waals surface area contributed by atoms with E-state index >= 15 is 0 Å². The lowest BCUT2D eigenvalue weighted by atomic mass is 10.1. The number of nitrogens with one attached hydrogen (secondary N) is 1. The molecule has 0 saturated heterocycles. The number of nitrogen functional groups attached to an aromatic ring is 1. The number of hydrogen-bond donors (Lipinski definition) is 2. The smallest absolute Gasteiger partial charge is 0.130 e. The summed E-state index contributed by atoms with van der Waals surface area (Å²) in [6.45, 7) is 1.87. The predicted molar refractivity (Wildman–Crippen MR) is 78.7 cm³/mol. The van der Waals surface area contributed by atoms with Gasteiger partial charge in [0, 0.05) is 15.6 Å². The molecule has 19 heavy (non-hydrogen) atoms. The first kappa shape index (κ1) is 13.7. The van der Waals surface area contributed by atoms with Crippen LogP contribution in [0.1, 0.15) is 11.1 Å². The second-order valence-corrected chi connectivity index (χ2v) is 4.97. The van der Waals surface area contributed by atoms with Crippen molar-refractivity contribution >= 4 is 29.0 Å². The van der Waals surface area contributed by atoms with E-state index in [0.717, 1.165) is 5.56 Å². The molecule has 0 unspecified atom stereocenters. The van der Waals surface area contributed by atoms with Gasteiger partial charge in [0.1, 0.15) is 17.3 Å². The maximum atomic E-state index is 7.43. The summed E-state index contributed by atoms with van der Waals surface area (Å²) < 4.78 is 5.68. The van der Waals surface area contributed by atoms with E-state index in [-0.39, 0.29) is 5.84 Å². The fourth-order valence-corrected chi connectivity index (χ4v) is 2.23. The number of amidine groups is 1. The fraction of sp³-hybridized carbons (Fsp3) is 0.0714. The molecular formula is C14H12Cl2N2O. The fourth-order valence-electron chi connectivity index (χ4n) is 1.73. The van der Waals surface area contributed by atoms with Crippen LogP contribution in [0.15, 0.2) is 36.4 Å². The van der Waals surface area contributed by atoms with Crippen molar-refractivity contribution in [1.29, 1.82) is 5.41 Å². The van der Waals surface area contributed by atoms with Crippen LogP contribution in [-0.2, 0) is 0 Å². The molecule has 98 valence electrons. The minimum atomic E-state index is 0.0369. The highest BCUT2D eigenvalue weighted by Crippen LogP contribution is 2.29. The van der Waals surface area contributed by atoms with E-state index in [4.69, 9.17) is 39.1 Å². The van der Waals surface area contributed by atoms with Crippen molar-refractivity contribution in [2.75, 3.05) is 0 Å². The van der Waals surface area contributed by atoms with Gasteiger partial charge >= 0.3 is 0 Å². The van der Waals surface area contributed by atoms with E-state index in [1.165, 1.54) is 0 Å². The van der Waals surface area contributed by atoms with E-state index in [0.29, 0.717) is 27.1 Å². The van der Waals surface area contributed by atoms with E-state index < -0.39 is 0 Å². The molecule has 0 aromatic heterocycles. The third-order valence-electron chi connectivity index (χ3n) is 2.56. The summed E-state index contributed by atoms with van der Waals surface area (Å²) in [5.41, 5.74) is 7.03. The Morgan fingerprint density at radius 1 is 1.05 bits per heavy atom. The number of hydrogen-bond acceptors (Lipinski definition) is 2. The Morgan fingerprint density at radius 2 is 1.68 bits per heavy atom. The second kappa shape index (κ2) is 5.51. The van der Waals surface area contributed by atoms with Crippen molar-refractivity contribution in [3.63, 3.8) is 0 Å². The molecule has 5 heteroatoms. The van der Waals surface area contributed by atoms with Crippen molar-refractivity contribution in [2.24, 2.45) is 5.73 Å². The van der Waals surface area contributed by atoms with Crippen LogP contribution in [0, 0.1) is 12.3 Å². The van der Waals surface area contributed by atoms with Gasteiger partial charge < -0.3 is 10.5 Å². The summed E-state index contributed by atoms with van der Waals surface area (Å²) >= 11 is 11.8. The summed E-state index contributed by atoms with van der Waals surface area (Å²) in [6, 6.07) is 10.3. The Balaban J connectivity index is 2.28. The first-order valence-electron chi connectivity index (χ1n) is 5.54. The standard InChI is InChI=1S/C14H12Cl2N2O/c1-8-4-11(2-3-13(8)14(17)18)19-12-6-9(15)5-10(16)7-12/h2-7H,1H3,(H3,17,18). The highest BCUT2D eigenvalue weighted by molar-refractivity contribution is 6.34. The molecule has 0 aliphatic carbocycles. The lowest BCUT2D eigenvalue weighted by molar-refractivity contribution is 0.482. The van der Waals surface area contributed by atoms with Gasteiger partial charge in [0.15, 0.2) is 0 Å². The molecular weight excluding hydrogens is 283 g/mol. The van der Waals surface area contributed by atoms with Crippen molar-refractivity contribution in [1.82, 2.24) is 0 Å². The number of aryl methyl sites for hydroxylation is 1. The molecule has 0 radical (unpaired) electrons. The summed E-state index contributed by atoms with van der Waals surface area (Å²) in [5, 5.41) is 8.45. The molecule has 0 aliphatic heterocycles. The zero-order valence-electron chi connectivity index (χ0n) is 10.2. The molecule has 2 aromatic carbocycles. The maximum Gasteiger partial charge on any atom is 0.130 e. The molecule has 0 amide bonds. The van der Waals surface area contributed by atoms with Crippen LogP contribution < -0.4 is 10.5 Å². The lowest BCUT2D eigenvalue weighted by Gasteiger charge is -2.09. The highest BCUT2D eigenvalue weighted by atomic mass is 35.5. The number of halogens is 2. The van der Waals surface area contributed by atoms with E-state index in [2.05, 4.69) is 0 Å². The predicted octanol–water partition coefficient (Wildman–Crippen LogP) is 4.38. The molecule has 0 heterocycles. The quantitative estimate of drug-likeness (QED) is 0.652. The van der Waals surface area contributed by atoms with E-state index in [9.17, 15) is 0 Å². The molecule has 0 atom stereocenters. The lowest BCUT2D eigenvalue weighted by Crippen LogP contribution is -2.12. The normalized spacial score (nSPS) is 10.3. The Morgan fingerprint density at radius 3 is 2.21 bits per heavy atom. The van der Waals surface area contributed by atoms with Crippen LogP contribution in [-0.4, -0.2) is 5.84 Å². The minimum Gasteiger partial charge on any atom is -0.457 e. The molecule has 3 nitrogen and oxygen atoms in total.